The lowest BCUT2D eigenvalue weighted by Gasteiger charge is -2.26. The maximum absolute atomic E-state index is 12.3. The number of nitrogens with zero attached hydrogens (tertiary/aromatic N) is 1. The van der Waals surface area contributed by atoms with Gasteiger partial charge in [-0.25, -0.2) is 9.86 Å². The molecule has 0 bridgehead atoms. The van der Waals surface area contributed by atoms with Gasteiger partial charge in [-0.1, -0.05) is 0 Å². The van der Waals surface area contributed by atoms with Crippen molar-refractivity contribution < 1.29 is 24.0 Å². The molecule has 7 nitrogen and oxygen atoms in total. The van der Waals surface area contributed by atoms with Gasteiger partial charge in [0.25, 0.3) is 5.91 Å². The maximum atomic E-state index is 12.3. The van der Waals surface area contributed by atoms with Crippen molar-refractivity contribution in [2.24, 2.45) is 5.92 Å². The van der Waals surface area contributed by atoms with E-state index in [2.05, 4.69) is 5.32 Å². The summed E-state index contributed by atoms with van der Waals surface area (Å²) in [6.07, 6.45) is 1.70. The summed E-state index contributed by atoms with van der Waals surface area (Å²) in [5, 5.41) is 3.59. The lowest BCUT2D eigenvalue weighted by atomic mass is 9.97. The number of hydrogen-bond donors (Lipinski definition) is 1. The van der Waals surface area contributed by atoms with Gasteiger partial charge >= 0.3 is 6.09 Å². The number of carbonyl (C=O) groups excluding carboxylic acids is 3. The molecule has 2 amide bonds. The zero-order valence-corrected chi connectivity index (χ0v) is 14.0. The van der Waals surface area contributed by atoms with Gasteiger partial charge in [0, 0.05) is 19.4 Å². The summed E-state index contributed by atoms with van der Waals surface area (Å²) >= 11 is 0. The molecule has 1 fully saturated rings. The second-order valence-electron chi connectivity index (χ2n) is 6.51. The van der Waals surface area contributed by atoms with Crippen LogP contribution in [0.4, 0.5) is 4.79 Å². The Morgan fingerprint density at radius 2 is 2.05 bits per heavy atom. The molecule has 0 saturated heterocycles. The molecule has 1 aliphatic carbocycles. The number of nitrogens with one attached hydrogen (secondary N) is 1. The van der Waals surface area contributed by atoms with Crippen LogP contribution < -0.4 is 5.32 Å². The number of hydroxylamine groups is 2. The molecule has 126 valence electrons. The summed E-state index contributed by atoms with van der Waals surface area (Å²) in [5.41, 5.74) is -0.659. The summed E-state index contributed by atoms with van der Waals surface area (Å²) in [6, 6.07) is -0.841. The van der Waals surface area contributed by atoms with E-state index in [-0.39, 0.29) is 18.1 Å². The summed E-state index contributed by atoms with van der Waals surface area (Å²) in [4.78, 5) is 40.9. The maximum Gasteiger partial charge on any atom is 0.408 e. The number of hydrogen-bond acceptors (Lipinski definition) is 5. The fourth-order valence-corrected chi connectivity index (χ4v) is 2.40. The van der Waals surface area contributed by atoms with Gasteiger partial charge in [-0.2, -0.15) is 0 Å². The Kier molecular flexibility index (Phi) is 6.34. The Balaban J connectivity index is 2.75. The van der Waals surface area contributed by atoms with E-state index in [0.717, 1.165) is 17.9 Å². The van der Waals surface area contributed by atoms with Crippen molar-refractivity contribution in [3.63, 3.8) is 0 Å². The molecular formula is C15H26N2O5. The van der Waals surface area contributed by atoms with Crippen LogP contribution in [-0.2, 0) is 19.2 Å². The van der Waals surface area contributed by atoms with Gasteiger partial charge in [0.05, 0.1) is 7.11 Å². The number of likely N-dealkylation sites (N-methyl/N-ethyl adjacent to an activating group) is 1. The zero-order chi connectivity index (χ0) is 16.9. The molecule has 0 spiro atoms. The third kappa shape index (κ3) is 5.63. The van der Waals surface area contributed by atoms with E-state index in [1.54, 1.807) is 20.8 Å². The van der Waals surface area contributed by atoms with E-state index in [1.165, 1.54) is 14.2 Å². The van der Waals surface area contributed by atoms with E-state index >= 15 is 0 Å². The van der Waals surface area contributed by atoms with E-state index < -0.39 is 23.6 Å². The first-order chi connectivity index (χ1) is 10.1. The van der Waals surface area contributed by atoms with Crippen LogP contribution in [0.15, 0.2) is 0 Å². The minimum absolute atomic E-state index is 0.142. The van der Waals surface area contributed by atoms with Crippen LogP contribution in [0.3, 0.4) is 0 Å². The molecule has 1 rings (SSSR count). The fourth-order valence-electron chi connectivity index (χ4n) is 2.40. The highest BCUT2D eigenvalue weighted by molar-refractivity contribution is 5.87. The van der Waals surface area contributed by atoms with Crippen molar-refractivity contribution in [2.45, 2.75) is 58.1 Å². The van der Waals surface area contributed by atoms with Crippen molar-refractivity contribution in [2.75, 3.05) is 14.2 Å². The van der Waals surface area contributed by atoms with Crippen molar-refractivity contribution in [3.05, 3.63) is 0 Å². The van der Waals surface area contributed by atoms with Crippen LogP contribution in [0.2, 0.25) is 0 Å². The monoisotopic (exact) mass is 314 g/mol. The zero-order valence-electron chi connectivity index (χ0n) is 14.0. The number of carbonyl (C=O) groups is 3. The Bertz CT molecular complexity index is 430. The second kappa shape index (κ2) is 7.58. The van der Waals surface area contributed by atoms with Gasteiger partial charge in [0.1, 0.15) is 17.4 Å². The van der Waals surface area contributed by atoms with Crippen LogP contribution in [0.5, 0.6) is 0 Å². The Morgan fingerprint density at radius 3 is 2.50 bits per heavy atom. The summed E-state index contributed by atoms with van der Waals surface area (Å²) < 4.78 is 5.18. The highest BCUT2D eigenvalue weighted by Gasteiger charge is 2.33. The van der Waals surface area contributed by atoms with Crippen molar-refractivity contribution in [3.8, 4) is 0 Å². The summed E-state index contributed by atoms with van der Waals surface area (Å²) in [5.74, 6) is -0.467. The smallest absolute Gasteiger partial charge is 0.408 e. The fraction of sp³-hybridized carbons (Fsp3) is 0.800. The quantitative estimate of drug-likeness (QED) is 0.780. The molecule has 0 radical (unpaired) electrons. The number of amides is 2. The number of alkyl carbamates (subject to hydrolysis) is 1. The van der Waals surface area contributed by atoms with E-state index in [4.69, 9.17) is 9.57 Å². The Labute approximate surface area is 131 Å². The average Bonchev–Trinajstić information content (AvgIpc) is 2.79. The molecule has 1 saturated carbocycles. The summed E-state index contributed by atoms with van der Waals surface area (Å²) in [6.45, 7) is 5.22. The predicted octanol–water partition coefficient (Wildman–Crippen LogP) is 1.66. The molecule has 0 aromatic carbocycles. The normalized spacial score (nSPS) is 19.7. The van der Waals surface area contributed by atoms with Crippen LogP contribution in [-0.4, -0.2) is 48.6 Å². The first kappa shape index (κ1) is 18.4. The van der Waals surface area contributed by atoms with Crippen molar-refractivity contribution in [1.29, 1.82) is 0 Å². The van der Waals surface area contributed by atoms with Gasteiger partial charge in [-0.05, 0) is 40.0 Å². The van der Waals surface area contributed by atoms with Crippen molar-refractivity contribution >= 4 is 17.8 Å². The van der Waals surface area contributed by atoms with Gasteiger partial charge in [-0.3, -0.25) is 14.4 Å². The van der Waals surface area contributed by atoms with Gasteiger partial charge < -0.3 is 10.1 Å². The molecule has 0 aromatic rings. The topological polar surface area (TPSA) is 84.9 Å². The van der Waals surface area contributed by atoms with Crippen LogP contribution in [0, 0.1) is 5.92 Å². The van der Waals surface area contributed by atoms with Gasteiger partial charge in [0.2, 0.25) is 0 Å². The number of Topliss-reactive ketones (excluding diaryl/α,β-unsaturated/α-hetero) is 1. The van der Waals surface area contributed by atoms with E-state index in [1.807, 2.05) is 0 Å². The van der Waals surface area contributed by atoms with Crippen LogP contribution in [0.1, 0.15) is 46.5 Å². The number of ether oxygens (including phenoxy) is 1. The molecule has 7 heteroatoms. The molecule has 1 unspecified atom stereocenters. The standard InChI is InChI=1S/C15H26N2O5/c1-15(2,3)22-14(20)16-11(13(19)17(4)21-5)9-10-7-6-8-12(10)18/h10-11H,6-9H2,1-5H3,(H,16,20)/t10?,11-/m0/s1. The first-order valence-corrected chi connectivity index (χ1v) is 7.48. The minimum atomic E-state index is -0.841. The van der Waals surface area contributed by atoms with Gasteiger partial charge in [-0.15, -0.1) is 0 Å². The summed E-state index contributed by atoms with van der Waals surface area (Å²) in [7, 11) is 2.83. The number of ketones is 1. The highest BCUT2D eigenvalue weighted by atomic mass is 16.7. The first-order valence-electron chi connectivity index (χ1n) is 7.48. The molecule has 0 heterocycles. The van der Waals surface area contributed by atoms with E-state index in [0.29, 0.717) is 6.42 Å². The molecule has 0 aliphatic heterocycles. The third-order valence-corrected chi connectivity index (χ3v) is 3.52. The minimum Gasteiger partial charge on any atom is -0.444 e. The largest absolute Gasteiger partial charge is 0.444 e. The Morgan fingerprint density at radius 1 is 1.41 bits per heavy atom. The predicted molar refractivity (Wildman–Crippen MR) is 79.9 cm³/mol. The van der Waals surface area contributed by atoms with Crippen molar-refractivity contribution in [1.82, 2.24) is 10.4 Å². The molecule has 1 aliphatic rings. The average molecular weight is 314 g/mol. The lowest BCUT2D eigenvalue weighted by Crippen LogP contribution is -2.49. The SMILES string of the molecule is CON(C)C(=O)[C@H](CC1CCCC1=O)NC(=O)OC(C)(C)C. The van der Waals surface area contributed by atoms with Crippen LogP contribution >= 0.6 is 0 Å². The molecule has 1 N–H and O–H groups in total. The second-order valence-corrected chi connectivity index (χ2v) is 6.51. The molecule has 0 aromatic heterocycles. The highest BCUT2D eigenvalue weighted by Crippen LogP contribution is 2.26. The molecule has 22 heavy (non-hydrogen) atoms. The molecule has 2 atom stereocenters. The lowest BCUT2D eigenvalue weighted by molar-refractivity contribution is -0.171. The number of rotatable bonds is 5. The van der Waals surface area contributed by atoms with Crippen LogP contribution in [0.25, 0.3) is 0 Å². The molecular weight excluding hydrogens is 288 g/mol. The van der Waals surface area contributed by atoms with Gasteiger partial charge in [0.15, 0.2) is 0 Å². The third-order valence-electron chi connectivity index (χ3n) is 3.52. The Hall–Kier alpha value is -1.63. The van der Waals surface area contributed by atoms with E-state index in [9.17, 15) is 14.4 Å².